The predicted octanol–water partition coefficient (Wildman–Crippen LogP) is 3.95. The number of hydrogen-bond acceptors (Lipinski definition) is 6. The van der Waals surface area contributed by atoms with Crippen molar-refractivity contribution in [3.63, 3.8) is 0 Å². The van der Waals surface area contributed by atoms with Gasteiger partial charge in [-0.3, -0.25) is 0 Å². The van der Waals surface area contributed by atoms with Gasteiger partial charge in [0.2, 0.25) is 0 Å². The van der Waals surface area contributed by atoms with Crippen LogP contribution in [0.2, 0.25) is 0 Å². The molecule has 3 aliphatic rings. The Kier molecular flexibility index (Phi) is 5.61. The maximum atomic E-state index is 11.2. The summed E-state index contributed by atoms with van der Waals surface area (Å²) in [5.74, 6) is -0.962. The van der Waals surface area contributed by atoms with Crippen LogP contribution in [0.3, 0.4) is 0 Å². The van der Waals surface area contributed by atoms with Crippen molar-refractivity contribution in [2.75, 3.05) is 29.4 Å². The van der Waals surface area contributed by atoms with Gasteiger partial charge in [0.05, 0.1) is 12.2 Å². The fourth-order valence-corrected chi connectivity index (χ4v) is 6.40. The smallest absolute Gasteiger partial charge is 0.121 e. The normalized spacial score (nSPS) is 24.6. The van der Waals surface area contributed by atoms with Crippen LogP contribution < -0.4 is 9.80 Å². The van der Waals surface area contributed by atoms with E-state index in [1.165, 1.54) is 11.1 Å². The summed E-state index contributed by atoms with van der Waals surface area (Å²) in [6, 6.07) is 15.9. The van der Waals surface area contributed by atoms with Gasteiger partial charge in [0.15, 0.2) is 0 Å². The summed E-state index contributed by atoms with van der Waals surface area (Å²) in [4.78, 5) is 4.49. The van der Waals surface area contributed by atoms with E-state index in [2.05, 4.69) is 47.9 Å². The number of aromatic hydroxyl groups is 2. The minimum absolute atomic E-state index is 0.0999. The molecule has 3 aromatic rings. The second-order valence-corrected chi connectivity index (χ2v) is 10.6. The first-order valence-electron chi connectivity index (χ1n) is 13.0. The summed E-state index contributed by atoms with van der Waals surface area (Å²) in [5, 5.41) is 44.0. The zero-order valence-corrected chi connectivity index (χ0v) is 20.9. The van der Waals surface area contributed by atoms with Crippen LogP contribution in [0.25, 0.3) is 0 Å². The van der Waals surface area contributed by atoms with E-state index in [0.717, 1.165) is 61.5 Å². The largest absolute Gasteiger partial charge is 0.508 e. The minimum Gasteiger partial charge on any atom is -0.508 e. The molecule has 36 heavy (non-hydrogen) atoms. The zero-order valence-electron chi connectivity index (χ0n) is 20.9. The first-order valence-corrected chi connectivity index (χ1v) is 13.0. The molecule has 2 heterocycles. The van der Waals surface area contributed by atoms with E-state index in [0.29, 0.717) is 11.1 Å². The molecular weight excluding hydrogens is 452 g/mol. The Morgan fingerprint density at radius 3 is 1.78 bits per heavy atom. The van der Waals surface area contributed by atoms with Crippen LogP contribution in [0.4, 0.5) is 11.4 Å². The standard InChI is InChI=1S/C30H34N2O4/c1-3-31-10-8-19-12-21(25(33)14-23(19)31)27-29(35)28(30(27)36)22-13-20-9-11-32(24(20)15-26(22)34)16-18-6-4-17(2)5-7-18/h4-7,12-15,27-30,33-36H,3,8-11,16H2,1-2H3. The number of fused-ring (bicyclic) bond motifs is 2. The van der Waals surface area contributed by atoms with Crippen LogP contribution in [0, 0.1) is 6.92 Å². The average Bonchev–Trinajstić information content (AvgIpc) is 3.44. The lowest BCUT2D eigenvalue weighted by molar-refractivity contribution is -0.0797. The molecule has 3 aromatic carbocycles. The SMILES string of the molecule is CCN1CCc2cc(C3C(O)C(c4cc5c(cc4O)N(Cc4ccc(C)cc4)CC5)C3O)c(O)cc21. The molecule has 0 radical (unpaired) electrons. The van der Waals surface area contributed by atoms with E-state index < -0.39 is 24.0 Å². The number of rotatable bonds is 5. The highest BCUT2D eigenvalue weighted by Gasteiger charge is 2.52. The van der Waals surface area contributed by atoms with Gasteiger partial charge in [0.25, 0.3) is 0 Å². The van der Waals surface area contributed by atoms with Crippen LogP contribution in [0.1, 0.15) is 52.1 Å². The Hall–Kier alpha value is -3.22. The van der Waals surface area contributed by atoms with Gasteiger partial charge in [0, 0.05) is 72.6 Å². The molecule has 1 fully saturated rings. The fourth-order valence-electron chi connectivity index (χ4n) is 6.40. The van der Waals surface area contributed by atoms with Crippen LogP contribution in [-0.2, 0) is 19.4 Å². The molecule has 0 amide bonds. The maximum Gasteiger partial charge on any atom is 0.121 e. The molecule has 2 aliphatic heterocycles. The highest BCUT2D eigenvalue weighted by atomic mass is 16.3. The molecule has 0 saturated heterocycles. The van der Waals surface area contributed by atoms with Crippen molar-refractivity contribution in [3.05, 3.63) is 81.9 Å². The van der Waals surface area contributed by atoms with Gasteiger partial charge < -0.3 is 30.2 Å². The van der Waals surface area contributed by atoms with E-state index in [4.69, 9.17) is 0 Å². The summed E-state index contributed by atoms with van der Waals surface area (Å²) >= 11 is 0. The molecule has 2 atom stereocenters. The molecule has 6 nitrogen and oxygen atoms in total. The maximum absolute atomic E-state index is 11.2. The zero-order chi connectivity index (χ0) is 25.1. The van der Waals surface area contributed by atoms with E-state index in [9.17, 15) is 20.4 Å². The number of phenols is 2. The van der Waals surface area contributed by atoms with Crippen molar-refractivity contribution in [1.82, 2.24) is 0 Å². The molecule has 6 rings (SSSR count). The Balaban J connectivity index is 1.24. The molecule has 1 saturated carbocycles. The van der Waals surface area contributed by atoms with Crippen molar-refractivity contribution < 1.29 is 20.4 Å². The Morgan fingerprint density at radius 2 is 1.25 bits per heavy atom. The van der Waals surface area contributed by atoms with Gasteiger partial charge in [-0.05, 0) is 55.5 Å². The van der Waals surface area contributed by atoms with Gasteiger partial charge in [-0.25, -0.2) is 0 Å². The van der Waals surface area contributed by atoms with Gasteiger partial charge in [-0.2, -0.15) is 0 Å². The third kappa shape index (κ3) is 3.62. The third-order valence-electron chi connectivity index (χ3n) is 8.51. The van der Waals surface area contributed by atoms with Crippen molar-refractivity contribution in [1.29, 1.82) is 0 Å². The summed E-state index contributed by atoms with van der Waals surface area (Å²) in [6.45, 7) is 7.60. The second-order valence-electron chi connectivity index (χ2n) is 10.6. The quantitative estimate of drug-likeness (QED) is 0.437. The van der Waals surface area contributed by atoms with Gasteiger partial charge in [-0.15, -0.1) is 0 Å². The number of aliphatic hydroxyl groups excluding tert-OH is 2. The fraction of sp³-hybridized carbons (Fsp3) is 0.400. The highest BCUT2D eigenvalue weighted by molar-refractivity contribution is 5.66. The van der Waals surface area contributed by atoms with Crippen LogP contribution >= 0.6 is 0 Å². The van der Waals surface area contributed by atoms with Crippen LogP contribution in [-0.4, -0.2) is 52.3 Å². The lowest BCUT2D eigenvalue weighted by Crippen LogP contribution is -2.51. The number of nitrogens with zero attached hydrogens (tertiary/aromatic N) is 2. The number of aliphatic hydroxyl groups is 2. The van der Waals surface area contributed by atoms with Gasteiger partial charge >= 0.3 is 0 Å². The molecule has 4 N–H and O–H groups in total. The van der Waals surface area contributed by atoms with Gasteiger partial charge in [0.1, 0.15) is 11.5 Å². The van der Waals surface area contributed by atoms with E-state index in [1.54, 1.807) is 12.1 Å². The number of likely N-dealkylation sites (N-methyl/N-ethyl adjacent to an activating group) is 1. The Morgan fingerprint density at radius 1 is 0.750 bits per heavy atom. The second kappa shape index (κ2) is 8.71. The number of aryl methyl sites for hydroxylation is 1. The molecule has 188 valence electrons. The van der Waals surface area contributed by atoms with Crippen LogP contribution in [0.15, 0.2) is 48.5 Å². The lowest BCUT2D eigenvalue weighted by atomic mass is 9.62. The van der Waals surface area contributed by atoms with Crippen molar-refractivity contribution >= 4 is 11.4 Å². The predicted molar refractivity (Wildman–Crippen MR) is 141 cm³/mol. The monoisotopic (exact) mass is 486 g/mol. The number of anilines is 2. The molecule has 1 aliphatic carbocycles. The molecule has 6 heteroatoms. The van der Waals surface area contributed by atoms with E-state index in [1.807, 2.05) is 12.1 Å². The van der Waals surface area contributed by atoms with Crippen molar-refractivity contribution in [3.8, 4) is 11.5 Å². The van der Waals surface area contributed by atoms with Crippen LogP contribution in [0.5, 0.6) is 11.5 Å². The molecule has 0 aromatic heterocycles. The minimum atomic E-state index is -0.887. The lowest BCUT2D eigenvalue weighted by Gasteiger charge is -2.47. The van der Waals surface area contributed by atoms with E-state index in [-0.39, 0.29) is 11.5 Å². The first-order chi connectivity index (χ1) is 17.4. The summed E-state index contributed by atoms with van der Waals surface area (Å²) < 4.78 is 0. The number of phenolic OH excluding ortho intramolecular Hbond substituents is 2. The topological polar surface area (TPSA) is 87.4 Å². The van der Waals surface area contributed by atoms with E-state index >= 15 is 0 Å². The molecule has 0 bridgehead atoms. The summed E-state index contributed by atoms with van der Waals surface area (Å²) in [7, 11) is 0. The van der Waals surface area contributed by atoms with Crippen molar-refractivity contribution in [2.45, 2.75) is 57.3 Å². The summed E-state index contributed by atoms with van der Waals surface area (Å²) in [5.41, 5.74) is 7.93. The first kappa shape index (κ1) is 23.2. The Labute approximate surface area is 212 Å². The number of hydrogen-bond donors (Lipinski definition) is 4. The summed E-state index contributed by atoms with van der Waals surface area (Å²) in [6.07, 6.45) is -0.0249. The Bertz CT molecular complexity index is 1300. The molecule has 2 unspecified atom stereocenters. The van der Waals surface area contributed by atoms with Crippen molar-refractivity contribution in [2.24, 2.45) is 0 Å². The molecule has 0 spiro atoms. The molecular formula is C30H34N2O4. The highest BCUT2D eigenvalue weighted by Crippen LogP contribution is 2.54. The average molecular weight is 487 g/mol. The number of benzene rings is 3. The van der Waals surface area contributed by atoms with Gasteiger partial charge in [-0.1, -0.05) is 29.8 Å². The third-order valence-corrected chi connectivity index (χ3v) is 8.51.